The molecule has 1 heterocycles. The summed E-state index contributed by atoms with van der Waals surface area (Å²) in [7, 11) is 0.468. The summed E-state index contributed by atoms with van der Waals surface area (Å²) in [4.78, 5) is 20.4. The van der Waals surface area contributed by atoms with Crippen LogP contribution in [0.5, 0.6) is 0 Å². The van der Waals surface area contributed by atoms with Crippen LogP contribution >= 0.6 is 7.92 Å². The van der Waals surface area contributed by atoms with Gasteiger partial charge in [0.2, 0.25) is 0 Å². The molecule has 2 aromatic carbocycles. The number of methoxy groups -OCH3 is 1. The molecule has 0 saturated carbocycles. The van der Waals surface area contributed by atoms with E-state index in [1.54, 1.807) is 6.20 Å². The number of carbonyl (C=O) groups excluding carboxylic acids is 1. The van der Waals surface area contributed by atoms with Crippen LogP contribution in [-0.4, -0.2) is 23.0 Å². The molecule has 23 heavy (non-hydrogen) atoms. The third kappa shape index (κ3) is 3.43. The van der Waals surface area contributed by atoms with Crippen LogP contribution < -0.4 is 16.0 Å². The first kappa shape index (κ1) is 15.3. The fraction of sp³-hybridized carbons (Fsp3) is 0.0556. The van der Waals surface area contributed by atoms with E-state index in [1.165, 1.54) is 13.3 Å². The summed E-state index contributed by atoms with van der Waals surface area (Å²) < 4.78 is 4.75. The van der Waals surface area contributed by atoms with Crippen LogP contribution in [-0.2, 0) is 4.74 Å². The van der Waals surface area contributed by atoms with E-state index in [4.69, 9.17) is 4.74 Å². The molecule has 114 valence electrons. The molecule has 0 aliphatic carbocycles. The van der Waals surface area contributed by atoms with Gasteiger partial charge in [-0.1, -0.05) is 60.7 Å². The van der Waals surface area contributed by atoms with Gasteiger partial charge in [-0.3, -0.25) is 4.98 Å². The molecule has 0 unspecified atom stereocenters. The van der Waals surface area contributed by atoms with Gasteiger partial charge in [-0.2, -0.15) is 0 Å². The monoisotopic (exact) mass is 322 g/mol. The molecule has 3 rings (SSSR count). The summed E-state index contributed by atoms with van der Waals surface area (Å²) in [6, 6.07) is 20.3. The first-order valence-corrected chi connectivity index (χ1v) is 8.44. The predicted octanol–water partition coefficient (Wildman–Crippen LogP) is 2.02. The molecule has 1 aromatic heterocycles. The van der Waals surface area contributed by atoms with E-state index in [1.807, 2.05) is 36.4 Å². The van der Waals surface area contributed by atoms with Crippen molar-refractivity contribution in [2.75, 3.05) is 7.11 Å². The van der Waals surface area contributed by atoms with Gasteiger partial charge >= 0.3 is 5.97 Å². The summed E-state index contributed by atoms with van der Waals surface area (Å²) in [6.45, 7) is 0. The van der Waals surface area contributed by atoms with Crippen LogP contribution in [0.1, 0.15) is 10.5 Å². The molecule has 3 aromatic rings. The summed E-state index contributed by atoms with van der Waals surface area (Å²) in [5.41, 5.74) is 1.00. The minimum absolute atomic E-state index is 0.226. The zero-order chi connectivity index (χ0) is 16.1. The van der Waals surface area contributed by atoms with Gasteiger partial charge < -0.3 is 4.74 Å². The van der Waals surface area contributed by atoms with Gasteiger partial charge in [0.05, 0.1) is 24.9 Å². The lowest BCUT2D eigenvalue weighted by Crippen LogP contribution is -2.25. The van der Waals surface area contributed by atoms with Crippen molar-refractivity contribution in [3.8, 4) is 0 Å². The molecule has 0 saturated heterocycles. The number of nitrogens with zero attached hydrogens (tertiary/aromatic N) is 2. The number of carbonyl (C=O) groups is 1. The maximum atomic E-state index is 11.7. The van der Waals surface area contributed by atoms with Crippen molar-refractivity contribution >= 4 is 29.9 Å². The fourth-order valence-corrected chi connectivity index (χ4v) is 4.39. The van der Waals surface area contributed by atoms with Gasteiger partial charge in [-0.05, 0) is 10.6 Å². The smallest absolute Gasteiger partial charge is 0.358 e. The lowest BCUT2D eigenvalue weighted by molar-refractivity contribution is 0.0594. The normalized spacial score (nSPS) is 10.5. The molecular weight excluding hydrogens is 307 g/mol. The van der Waals surface area contributed by atoms with Crippen molar-refractivity contribution < 1.29 is 9.53 Å². The lowest BCUT2D eigenvalue weighted by atomic mass is 10.4. The summed E-state index contributed by atoms with van der Waals surface area (Å²) >= 11 is 0. The Morgan fingerprint density at radius 2 is 1.48 bits per heavy atom. The topological polar surface area (TPSA) is 52.1 Å². The van der Waals surface area contributed by atoms with Gasteiger partial charge in [0.1, 0.15) is 0 Å². The molecule has 4 nitrogen and oxygen atoms in total. The molecule has 0 atom stereocenters. The van der Waals surface area contributed by atoms with Crippen LogP contribution in [0, 0.1) is 0 Å². The second-order valence-electron chi connectivity index (χ2n) is 4.76. The van der Waals surface area contributed by atoms with Gasteiger partial charge in [0.25, 0.3) is 0 Å². The second-order valence-corrected chi connectivity index (χ2v) is 6.92. The van der Waals surface area contributed by atoms with Crippen LogP contribution in [0.4, 0.5) is 0 Å². The maximum absolute atomic E-state index is 11.7. The Labute approximate surface area is 135 Å². The molecule has 0 fully saturated rings. The number of benzene rings is 2. The summed E-state index contributed by atoms with van der Waals surface area (Å²) in [5, 5.41) is 2.31. The average molecular weight is 322 g/mol. The van der Waals surface area contributed by atoms with E-state index in [0.717, 1.165) is 16.0 Å². The van der Waals surface area contributed by atoms with E-state index < -0.39 is 13.9 Å². The van der Waals surface area contributed by atoms with Gasteiger partial charge in [-0.25, -0.2) is 9.78 Å². The molecular formula is C18H15N2O2P. The van der Waals surface area contributed by atoms with Crippen molar-refractivity contribution in [3.63, 3.8) is 0 Å². The van der Waals surface area contributed by atoms with Gasteiger partial charge in [-0.15, -0.1) is 0 Å². The molecule has 0 radical (unpaired) electrons. The van der Waals surface area contributed by atoms with E-state index >= 15 is 0 Å². The Balaban J connectivity index is 2.11. The Bertz CT molecular complexity index is 755. The van der Waals surface area contributed by atoms with E-state index in [0.29, 0.717) is 0 Å². The van der Waals surface area contributed by atoms with Crippen molar-refractivity contribution in [1.29, 1.82) is 0 Å². The third-order valence-electron chi connectivity index (χ3n) is 3.27. The molecule has 0 spiro atoms. The predicted molar refractivity (Wildman–Crippen MR) is 92.1 cm³/mol. The zero-order valence-electron chi connectivity index (χ0n) is 12.6. The molecule has 0 N–H and O–H groups in total. The molecule has 0 aliphatic rings. The highest BCUT2D eigenvalue weighted by Crippen LogP contribution is 2.31. The average Bonchev–Trinajstić information content (AvgIpc) is 2.63. The number of aromatic nitrogens is 2. The van der Waals surface area contributed by atoms with Gasteiger partial charge in [0, 0.05) is 7.92 Å². The number of hydrogen-bond donors (Lipinski definition) is 0. The van der Waals surface area contributed by atoms with Crippen molar-refractivity contribution in [3.05, 3.63) is 78.8 Å². The van der Waals surface area contributed by atoms with E-state index in [-0.39, 0.29) is 5.69 Å². The standard InChI is InChI=1S/C18H15N2O2P/c1-22-18(21)16-12-19-13-17(20-16)23(14-8-4-2-5-9-14)15-10-6-3-7-11-15/h2-13H,1H3. The maximum Gasteiger partial charge on any atom is 0.358 e. The first-order chi connectivity index (χ1) is 11.3. The first-order valence-electron chi connectivity index (χ1n) is 7.10. The second kappa shape index (κ2) is 7.12. The SMILES string of the molecule is COC(=O)c1cncc(P(c2ccccc2)c2ccccc2)n1. The number of ether oxygens (including phenoxy) is 1. The van der Waals surface area contributed by atoms with Crippen molar-refractivity contribution in [1.82, 2.24) is 9.97 Å². The zero-order valence-corrected chi connectivity index (χ0v) is 13.5. The number of esters is 1. The minimum atomic E-state index is -0.873. The lowest BCUT2D eigenvalue weighted by Gasteiger charge is -2.18. The van der Waals surface area contributed by atoms with E-state index in [9.17, 15) is 4.79 Å². The highest BCUT2D eigenvalue weighted by Gasteiger charge is 2.19. The largest absolute Gasteiger partial charge is 0.464 e. The fourth-order valence-electron chi connectivity index (χ4n) is 2.23. The Morgan fingerprint density at radius 1 is 0.913 bits per heavy atom. The quantitative estimate of drug-likeness (QED) is 0.545. The molecule has 5 heteroatoms. The Kier molecular flexibility index (Phi) is 4.74. The molecule has 0 amide bonds. The van der Waals surface area contributed by atoms with Crippen LogP contribution in [0.2, 0.25) is 0 Å². The third-order valence-corrected chi connectivity index (χ3v) is 5.58. The van der Waals surface area contributed by atoms with Crippen LogP contribution in [0.25, 0.3) is 0 Å². The minimum Gasteiger partial charge on any atom is -0.464 e. The molecule has 0 aliphatic heterocycles. The summed E-state index contributed by atoms with van der Waals surface area (Å²) in [5.74, 6) is -0.476. The highest BCUT2D eigenvalue weighted by atomic mass is 31.1. The van der Waals surface area contributed by atoms with E-state index in [2.05, 4.69) is 34.2 Å². The number of hydrogen-bond acceptors (Lipinski definition) is 4. The van der Waals surface area contributed by atoms with Crippen molar-refractivity contribution in [2.45, 2.75) is 0 Å². The van der Waals surface area contributed by atoms with Crippen LogP contribution in [0.3, 0.4) is 0 Å². The van der Waals surface area contributed by atoms with Gasteiger partial charge in [0.15, 0.2) is 5.69 Å². The van der Waals surface area contributed by atoms with Crippen molar-refractivity contribution in [2.24, 2.45) is 0 Å². The molecule has 0 bridgehead atoms. The Hall–Kier alpha value is -2.58. The summed E-state index contributed by atoms with van der Waals surface area (Å²) in [6.07, 6.45) is 3.15. The Morgan fingerprint density at radius 3 is 2.00 bits per heavy atom. The number of rotatable bonds is 4. The highest BCUT2D eigenvalue weighted by molar-refractivity contribution is 7.79. The van der Waals surface area contributed by atoms with Crippen LogP contribution in [0.15, 0.2) is 73.1 Å².